The second-order valence-corrected chi connectivity index (χ2v) is 3.71. The van der Waals surface area contributed by atoms with E-state index >= 15 is 0 Å². The van der Waals surface area contributed by atoms with Crippen molar-refractivity contribution in [3.63, 3.8) is 0 Å². The van der Waals surface area contributed by atoms with Crippen LogP contribution in [0.2, 0.25) is 0 Å². The molecular formula is C12H11N5. The topological polar surface area (TPSA) is 65.7 Å². The number of nitriles is 1. The zero-order chi connectivity index (χ0) is 12.3. The van der Waals surface area contributed by atoms with Crippen molar-refractivity contribution in [1.82, 2.24) is 15.2 Å². The van der Waals surface area contributed by atoms with Crippen molar-refractivity contribution in [1.29, 1.82) is 5.26 Å². The van der Waals surface area contributed by atoms with Gasteiger partial charge < -0.3 is 4.90 Å². The summed E-state index contributed by atoms with van der Waals surface area (Å²) in [6, 6.07) is 7.53. The molecular weight excluding hydrogens is 214 g/mol. The van der Waals surface area contributed by atoms with Crippen LogP contribution in [0.15, 0.2) is 30.6 Å². The monoisotopic (exact) mass is 225 g/mol. The minimum absolute atomic E-state index is 0.511. The first-order chi connectivity index (χ1) is 8.22. The van der Waals surface area contributed by atoms with Gasteiger partial charge in [0, 0.05) is 32.1 Å². The highest BCUT2D eigenvalue weighted by Gasteiger charge is 2.09. The van der Waals surface area contributed by atoms with Gasteiger partial charge in [-0.05, 0) is 18.2 Å². The fourth-order valence-electron chi connectivity index (χ4n) is 1.46. The smallest absolute Gasteiger partial charge is 0.168 e. The molecule has 0 aliphatic rings. The van der Waals surface area contributed by atoms with Gasteiger partial charge in [-0.25, -0.2) is 0 Å². The number of nitrogens with zero attached hydrogens (tertiary/aromatic N) is 5. The molecule has 0 fully saturated rings. The van der Waals surface area contributed by atoms with Gasteiger partial charge in [-0.3, -0.25) is 4.98 Å². The van der Waals surface area contributed by atoms with Crippen molar-refractivity contribution in [2.75, 3.05) is 19.0 Å². The highest BCUT2D eigenvalue weighted by atomic mass is 15.2. The Bertz CT molecular complexity index is 557. The zero-order valence-corrected chi connectivity index (χ0v) is 9.62. The SMILES string of the molecule is CN(C)c1nnc(-c2ccncc2)cc1C#N. The Morgan fingerprint density at radius 1 is 1.18 bits per heavy atom. The fourth-order valence-corrected chi connectivity index (χ4v) is 1.46. The van der Waals surface area contributed by atoms with E-state index in [1.54, 1.807) is 23.4 Å². The van der Waals surface area contributed by atoms with Crippen LogP contribution < -0.4 is 4.90 Å². The predicted molar refractivity (Wildman–Crippen MR) is 64.3 cm³/mol. The summed E-state index contributed by atoms with van der Waals surface area (Å²) in [6.07, 6.45) is 3.37. The molecule has 2 rings (SSSR count). The molecule has 0 aliphatic heterocycles. The maximum Gasteiger partial charge on any atom is 0.168 e. The highest BCUT2D eigenvalue weighted by Crippen LogP contribution is 2.20. The van der Waals surface area contributed by atoms with Crippen LogP contribution >= 0.6 is 0 Å². The van der Waals surface area contributed by atoms with Crippen LogP contribution in [-0.4, -0.2) is 29.3 Å². The summed E-state index contributed by atoms with van der Waals surface area (Å²) < 4.78 is 0. The minimum Gasteiger partial charge on any atom is -0.360 e. The number of hydrogen-bond acceptors (Lipinski definition) is 5. The molecule has 0 N–H and O–H groups in total. The van der Waals surface area contributed by atoms with E-state index in [1.165, 1.54) is 0 Å². The molecule has 5 heteroatoms. The lowest BCUT2D eigenvalue weighted by Crippen LogP contribution is -2.13. The summed E-state index contributed by atoms with van der Waals surface area (Å²) in [4.78, 5) is 5.70. The van der Waals surface area contributed by atoms with Crippen LogP contribution in [0.25, 0.3) is 11.3 Å². The van der Waals surface area contributed by atoms with Crippen molar-refractivity contribution in [2.45, 2.75) is 0 Å². The van der Waals surface area contributed by atoms with Gasteiger partial charge in [0.05, 0.1) is 11.3 Å². The lowest BCUT2D eigenvalue weighted by molar-refractivity contribution is 0.962. The number of pyridine rings is 1. The minimum atomic E-state index is 0.511. The summed E-state index contributed by atoms with van der Waals surface area (Å²) in [5, 5.41) is 17.2. The second-order valence-electron chi connectivity index (χ2n) is 3.71. The Morgan fingerprint density at radius 3 is 2.47 bits per heavy atom. The molecule has 0 saturated heterocycles. The van der Waals surface area contributed by atoms with E-state index in [-0.39, 0.29) is 0 Å². The average molecular weight is 225 g/mol. The molecule has 0 aromatic carbocycles. The number of rotatable bonds is 2. The number of aromatic nitrogens is 3. The molecule has 0 unspecified atom stereocenters. The van der Waals surface area contributed by atoms with Crippen LogP contribution in [0, 0.1) is 11.3 Å². The molecule has 0 amide bonds. The van der Waals surface area contributed by atoms with E-state index in [4.69, 9.17) is 5.26 Å². The molecule has 5 nitrogen and oxygen atoms in total. The summed E-state index contributed by atoms with van der Waals surface area (Å²) in [7, 11) is 3.66. The van der Waals surface area contributed by atoms with Crippen molar-refractivity contribution < 1.29 is 0 Å². The molecule has 84 valence electrons. The lowest BCUT2D eigenvalue weighted by Gasteiger charge is -2.12. The predicted octanol–water partition coefficient (Wildman–Crippen LogP) is 1.48. The van der Waals surface area contributed by atoms with E-state index in [2.05, 4.69) is 21.3 Å². The van der Waals surface area contributed by atoms with Gasteiger partial charge in [0.25, 0.3) is 0 Å². The molecule has 0 bridgehead atoms. The van der Waals surface area contributed by atoms with Gasteiger partial charge in [0.15, 0.2) is 5.82 Å². The Labute approximate surface area is 99.4 Å². The molecule has 0 spiro atoms. The van der Waals surface area contributed by atoms with Crippen LogP contribution in [0.5, 0.6) is 0 Å². The van der Waals surface area contributed by atoms with Crippen molar-refractivity contribution in [2.24, 2.45) is 0 Å². The van der Waals surface area contributed by atoms with Crippen molar-refractivity contribution in [3.8, 4) is 17.3 Å². The quantitative estimate of drug-likeness (QED) is 0.774. The average Bonchev–Trinajstić information content (AvgIpc) is 2.39. The molecule has 2 aromatic heterocycles. The fraction of sp³-hybridized carbons (Fsp3) is 0.167. The third kappa shape index (κ3) is 2.21. The standard InChI is InChI=1S/C12H11N5/c1-17(2)12-10(8-13)7-11(15-16-12)9-3-5-14-6-4-9/h3-7H,1-2H3. The third-order valence-corrected chi connectivity index (χ3v) is 2.29. The first-order valence-corrected chi connectivity index (χ1v) is 5.08. The highest BCUT2D eigenvalue weighted by molar-refractivity contribution is 5.63. The van der Waals surface area contributed by atoms with Gasteiger partial charge in [0.1, 0.15) is 6.07 Å². The maximum atomic E-state index is 9.08. The van der Waals surface area contributed by atoms with Gasteiger partial charge in [-0.2, -0.15) is 5.26 Å². The van der Waals surface area contributed by atoms with Gasteiger partial charge in [-0.15, -0.1) is 10.2 Å². The first-order valence-electron chi connectivity index (χ1n) is 5.08. The molecule has 0 aliphatic carbocycles. The van der Waals surface area contributed by atoms with E-state index in [0.29, 0.717) is 17.1 Å². The molecule has 0 saturated carbocycles. The zero-order valence-electron chi connectivity index (χ0n) is 9.62. The maximum absolute atomic E-state index is 9.08. The van der Waals surface area contributed by atoms with E-state index in [1.807, 2.05) is 26.2 Å². The Morgan fingerprint density at radius 2 is 1.88 bits per heavy atom. The van der Waals surface area contributed by atoms with Gasteiger partial charge in [-0.1, -0.05) is 0 Å². The molecule has 2 aromatic rings. The first kappa shape index (κ1) is 11.0. The van der Waals surface area contributed by atoms with Crippen LogP contribution in [0.4, 0.5) is 5.82 Å². The molecule has 0 atom stereocenters. The molecule has 17 heavy (non-hydrogen) atoms. The van der Waals surface area contributed by atoms with Crippen LogP contribution in [0.3, 0.4) is 0 Å². The van der Waals surface area contributed by atoms with E-state index in [9.17, 15) is 0 Å². The molecule has 0 radical (unpaired) electrons. The van der Waals surface area contributed by atoms with Gasteiger partial charge in [0.2, 0.25) is 0 Å². The summed E-state index contributed by atoms with van der Waals surface area (Å²) >= 11 is 0. The number of anilines is 1. The Balaban J connectivity index is 2.50. The lowest BCUT2D eigenvalue weighted by atomic mass is 10.1. The second kappa shape index (κ2) is 4.58. The van der Waals surface area contributed by atoms with Crippen molar-refractivity contribution >= 4 is 5.82 Å². The Hall–Kier alpha value is -2.48. The van der Waals surface area contributed by atoms with Crippen LogP contribution in [-0.2, 0) is 0 Å². The Kier molecular flexibility index (Phi) is 2.97. The molecule has 2 heterocycles. The number of hydrogen-bond donors (Lipinski definition) is 0. The summed E-state index contributed by atoms with van der Waals surface area (Å²) in [6.45, 7) is 0. The summed E-state index contributed by atoms with van der Waals surface area (Å²) in [5.74, 6) is 0.574. The van der Waals surface area contributed by atoms with Crippen LogP contribution in [0.1, 0.15) is 5.56 Å². The normalized spacial score (nSPS) is 9.71. The van der Waals surface area contributed by atoms with Crippen molar-refractivity contribution in [3.05, 3.63) is 36.2 Å². The third-order valence-electron chi connectivity index (χ3n) is 2.29. The summed E-state index contributed by atoms with van der Waals surface area (Å²) in [5.41, 5.74) is 2.08. The van der Waals surface area contributed by atoms with Gasteiger partial charge >= 0.3 is 0 Å². The largest absolute Gasteiger partial charge is 0.360 e. The van der Waals surface area contributed by atoms with E-state index in [0.717, 1.165) is 5.56 Å². The van der Waals surface area contributed by atoms with E-state index < -0.39 is 0 Å².